The largest absolute Gasteiger partial charge is 0.339 e. The SMILES string of the molecule is Cc1nc(Cc2ccccc2)sc1C(=O)N1CCN(C(=O)Cc2ccccn2)CC1. The van der Waals surface area contributed by atoms with Crippen LogP contribution in [0.2, 0.25) is 0 Å². The monoisotopic (exact) mass is 420 g/mol. The zero-order chi connectivity index (χ0) is 20.9. The quantitative estimate of drug-likeness (QED) is 0.637. The van der Waals surface area contributed by atoms with Gasteiger partial charge in [0.1, 0.15) is 4.88 Å². The van der Waals surface area contributed by atoms with E-state index in [1.807, 2.05) is 53.1 Å². The Labute approximate surface area is 180 Å². The van der Waals surface area contributed by atoms with Gasteiger partial charge < -0.3 is 9.80 Å². The highest BCUT2D eigenvalue weighted by Gasteiger charge is 2.27. The van der Waals surface area contributed by atoms with Crippen LogP contribution in [0.4, 0.5) is 0 Å². The van der Waals surface area contributed by atoms with E-state index in [1.54, 1.807) is 6.20 Å². The summed E-state index contributed by atoms with van der Waals surface area (Å²) < 4.78 is 0. The maximum atomic E-state index is 13.0. The van der Waals surface area contributed by atoms with Crippen LogP contribution in [0.25, 0.3) is 0 Å². The van der Waals surface area contributed by atoms with Crippen LogP contribution < -0.4 is 0 Å². The van der Waals surface area contributed by atoms with Crippen molar-refractivity contribution in [2.75, 3.05) is 26.2 Å². The van der Waals surface area contributed by atoms with Crippen molar-refractivity contribution in [2.24, 2.45) is 0 Å². The molecule has 0 unspecified atom stereocenters. The first-order valence-corrected chi connectivity index (χ1v) is 10.9. The lowest BCUT2D eigenvalue weighted by atomic mass is 10.2. The van der Waals surface area contributed by atoms with E-state index in [0.717, 1.165) is 22.8 Å². The molecule has 0 bridgehead atoms. The second kappa shape index (κ2) is 9.17. The Morgan fingerprint density at radius 1 is 0.967 bits per heavy atom. The molecule has 2 amide bonds. The fraction of sp³-hybridized carbons (Fsp3) is 0.304. The number of carbonyl (C=O) groups excluding carboxylic acids is 2. The number of aromatic nitrogens is 2. The minimum atomic E-state index is 0.0149. The molecule has 6 nitrogen and oxygen atoms in total. The third-order valence-electron chi connectivity index (χ3n) is 5.21. The first-order chi connectivity index (χ1) is 14.6. The van der Waals surface area contributed by atoms with Gasteiger partial charge in [0.15, 0.2) is 0 Å². The lowest BCUT2D eigenvalue weighted by Gasteiger charge is -2.34. The fourth-order valence-corrected chi connectivity index (χ4v) is 4.64. The first kappa shape index (κ1) is 20.2. The molecule has 1 saturated heterocycles. The maximum absolute atomic E-state index is 13.0. The molecule has 0 aliphatic carbocycles. The standard InChI is InChI=1S/C23H24N4O2S/c1-17-22(30-20(25-17)15-18-7-3-2-4-8-18)23(29)27-13-11-26(12-14-27)21(28)16-19-9-5-6-10-24-19/h2-10H,11-16H2,1H3. The minimum Gasteiger partial charge on any atom is -0.339 e. The molecule has 2 aromatic heterocycles. The van der Waals surface area contributed by atoms with Crippen molar-refractivity contribution in [3.05, 3.63) is 81.6 Å². The van der Waals surface area contributed by atoms with Crippen molar-refractivity contribution in [1.82, 2.24) is 19.8 Å². The Hall–Kier alpha value is -3.06. The second-order valence-electron chi connectivity index (χ2n) is 7.36. The highest BCUT2D eigenvalue weighted by atomic mass is 32.1. The third-order valence-corrected chi connectivity index (χ3v) is 6.36. The molecule has 4 rings (SSSR count). The van der Waals surface area contributed by atoms with Gasteiger partial charge in [-0.25, -0.2) is 4.98 Å². The Bertz CT molecular complexity index is 1010. The lowest BCUT2D eigenvalue weighted by molar-refractivity contribution is -0.132. The molecule has 7 heteroatoms. The van der Waals surface area contributed by atoms with Crippen molar-refractivity contribution in [3.63, 3.8) is 0 Å². The van der Waals surface area contributed by atoms with Crippen molar-refractivity contribution in [1.29, 1.82) is 0 Å². The maximum Gasteiger partial charge on any atom is 0.265 e. The number of benzene rings is 1. The number of hydrogen-bond donors (Lipinski definition) is 0. The molecule has 30 heavy (non-hydrogen) atoms. The number of rotatable bonds is 5. The van der Waals surface area contributed by atoms with Crippen LogP contribution in [0.1, 0.15) is 31.6 Å². The minimum absolute atomic E-state index is 0.0149. The van der Waals surface area contributed by atoms with Crippen LogP contribution >= 0.6 is 11.3 Å². The Morgan fingerprint density at radius 3 is 2.37 bits per heavy atom. The summed E-state index contributed by atoms with van der Waals surface area (Å²) in [4.78, 5) is 38.7. The van der Waals surface area contributed by atoms with Gasteiger partial charge in [0, 0.05) is 44.5 Å². The van der Waals surface area contributed by atoms with Crippen molar-refractivity contribution in [2.45, 2.75) is 19.8 Å². The topological polar surface area (TPSA) is 66.4 Å². The summed E-state index contributed by atoms with van der Waals surface area (Å²) in [5.41, 5.74) is 2.74. The van der Waals surface area contributed by atoms with Crippen molar-refractivity contribution in [3.8, 4) is 0 Å². The van der Waals surface area contributed by atoms with Gasteiger partial charge in [-0.1, -0.05) is 36.4 Å². The summed E-state index contributed by atoms with van der Waals surface area (Å²) in [5.74, 6) is 0.0704. The number of carbonyl (C=O) groups is 2. The number of amides is 2. The lowest BCUT2D eigenvalue weighted by Crippen LogP contribution is -2.51. The number of piperazine rings is 1. The summed E-state index contributed by atoms with van der Waals surface area (Å²) >= 11 is 1.47. The van der Waals surface area contributed by atoms with E-state index in [9.17, 15) is 9.59 Å². The van der Waals surface area contributed by atoms with Crippen LogP contribution in [-0.4, -0.2) is 57.8 Å². The molecule has 1 aromatic carbocycles. The highest BCUT2D eigenvalue weighted by molar-refractivity contribution is 7.13. The van der Waals surface area contributed by atoms with Crippen LogP contribution in [0.5, 0.6) is 0 Å². The predicted octanol–water partition coefficient (Wildman–Crippen LogP) is 2.96. The average molecular weight is 421 g/mol. The normalized spacial score (nSPS) is 14.0. The van der Waals surface area contributed by atoms with Gasteiger partial charge in [0.25, 0.3) is 5.91 Å². The summed E-state index contributed by atoms with van der Waals surface area (Å²) in [6.45, 7) is 4.07. The number of nitrogens with zero attached hydrogens (tertiary/aromatic N) is 4. The summed E-state index contributed by atoms with van der Waals surface area (Å²) in [6, 6.07) is 15.7. The molecule has 0 saturated carbocycles. The number of aryl methyl sites for hydroxylation is 1. The van der Waals surface area contributed by atoms with Crippen LogP contribution in [-0.2, 0) is 17.6 Å². The zero-order valence-corrected chi connectivity index (χ0v) is 17.8. The van der Waals surface area contributed by atoms with Gasteiger partial charge in [-0.3, -0.25) is 14.6 Å². The molecule has 0 N–H and O–H groups in total. The van der Waals surface area contributed by atoms with E-state index in [0.29, 0.717) is 37.5 Å². The average Bonchev–Trinajstić information content (AvgIpc) is 3.14. The van der Waals surface area contributed by atoms with Gasteiger partial charge in [-0.2, -0.15) is 0 Å². The molecular weight excluding hydrogens is 396 g/mol. The van der Waals surface area contributed by atoms with Gasteiger partial charge in [0.05, 0.1) is 17.1 Å². The molecular formula is C23H24N4O2S. The van der Waals surface area contributed by atoms with Crippen LogP contribution in [0.15, 0.2) is 54.7 Å². The molecule has 1 aliphatic rings. The van der Waals surface area contributed by atoms with E-state index < -0.39 is 0 Å². The number of pyridine rings is 1. The predicted molar refractivity (Wildman–Crippen MR) is 117 cm³/mol. The van der Waals surface area contributed by atoms with Crippen LogP contribution in [0, 0.1) is 6.92 Å². The van der Waals surface area contributed by atoms with Gasteiger partial charge in [0.2, 0.25) is 5.91 Å². The fourth-order valence-electron chi connectivity index (χ4n) is 3.57. The second-order valence-corrected chi connectivity index (χ2v) is 8.44. The van der Waals surface area contributed by atoms with E-state index in [1.165, 1.54) is 16.9 Å². The van der Waals surface area contributed by atoms with Gasteiger partial charge in [-0.05, 0) is 24.6 Å². The van der Waals surface area contributed by atoms with Gasteiger partial charge >= 0.3 is 0 Å². The van der Waals surface area contributed by atoms with Crippen molar-refractivity contribution >= 4 is 23.2 Å². The molecule has 1 aliphatic heterocycles. The van der Waals surface area contributed by atoms with E-state index in [2.05, 4.69) is 22.1 Å². The molecule has 0 radical (unpaired) electrons. The Balaban J connectivity index is 1.34. The molecule has 0 spiro atoms. The molecule has 1 fully saturated rings. The molecule has 154 valence electrons. The molecule has 3 aromatic rings. The Morgan fingerprint density at radius 2 is 1.67 bits per heavy atom. The third kappa shape index (κ3) is 4.74. The summed E-state index contributed by atoms with van der Waals surface area (Å²) in [5, 5.41) is 0.950. The van der Waals surface area contributed by atoms with Crippen LogP contribution in [0.3, 0.4) is 0 Å². The number of thiazole rings is 1. The highest BCUT2D eigenvalue weighted by Crippen LogP contribution is 2.23. The summed E-state index contributed by atoms with van der Waals surface area (Å²) in [6.07, 6.45) is 2.73. The van der Waals surface area contributed by atoms with Gasteiger partial charge in [-0.15, -0.1) is 11.3 Å². The molecule has 3 heterocycles. The molecule has 0 atom stereocenters. The summed E-state index contributed by atoms with van der Waals surface area (Å²) in [7, 11) is 0. The smallest absolute Gasteiger partial charge is 0.265 e. The van der Waals surface area contributed by atoms with Crippen molar-refractivity contribution < 1.29 is 9.59 Å². The van der Waals surface area contributed by atoms with E-state index in [4.69, 9.17) is 0 Å². The van der Waals surface area contributed by atoms with E-state index >= 15 is 0 Å². The Kier molecular flexibility index (Phi) is 6.18. The number of hydrogen-bond acceptors (Lipinski definition) is 5. The zero-order valence-electron chi connectivity index (χ0n) is 17.0. The van der Waals surface area contributed by atoms with E-state index in [-0.39, 0.29) is 11.8 Å². The first-order valence-electron chi connectivity index (χ1n) is 10.1.